The Bertz CT molecular complexity index is 1090. The van der Waals surface area contributed by atoms with Crippen LogP contribution in [0.5, 0.6) is 0 Å². The predicted molar refractivity (Wildman–Crippen MR) is 111 cm³/mol. The molecule has 0 saturated carbocycles. The Labute approximate surface area is 168 Å². The number of fused-ring (bicyclic) bond motifs is 1. The van der Waals surface area contributed by atoms with Crippen LogP contribution in [0.1, 0.15) is 46.7 Å². The molecular weight excluding hydrogens is 368 g/mol. The summed E-state index contributed by atoms with van der Waals surface area (Å²) in [5.41, 5.74) is 2.72. The molecule has 0 spiro atoms. The fourth-order valence-electron chi connectivity index (χ4n) is 3.03. The molecule has 0 radical (unpaired) electrons. The third-order valence-corrected chi connectivity index (χ3v) is 4.51. The first-order valence-corrected chi connectivity index (χ1v) is 9.38. The van der Waals surface area contributed by atoms with Gasteiger partial charge in [0.1, 0.15) is 0 Å². The molecule has 0 aliphatic rings. The van der Waals surface area contributed by atoms with Crippen molar-refractivity contribution in [1.82, 2.24) is 4.98 Å². The van der Waals surface area contributed by atoms with Crippen LogP contribution in [0.15, 0.2) is 54.6 Å². The molecule has 1 unspecified atom stereocenters. The van der Waals surface area contributed by atoms with E-state index < -0.39 is 18.0 Å². The van der Waals surface area contributed by atoms with Gasteiger partial charge >= 0.3 is 5.97 Å². The van der Waals surface area contributed by atoms with Crippen LogP contribution in [0.2, 0.25) is 0 Å². The number of rotatable bonds is 6. The molecule has 1 heterocycles. The monoisotopic (exact) mass is 390 g/mol. The van der Waals surface area contributed by atoms with Crippen LogP contribution in [-0.2, 0) is 9.53 Å². The number of aryl methyl sites for hydroxylation is 1. The minimum Gasteiger partial charge on any atom is -0.449 e. The minimum atomic E-state index is -0.962. The standard InChI is InChI=1S/C23H22N2O4/c1-4-21(22(27)25-17-9-7-8-16(13-17)15(3)26)29-23(28)19-12-14(2)24-20-11-6-5-10-18(19)20/h5-13,21H,4H2,1-3H3,(H,25,27). The number of nitrogens with zero attached hydrogens (tertiary/aromatic N) is 1. The summed E-state index contributed by atoms with van der Waals surface area (Å²) >= 11 is 0. The van der Waals surface area contributed by atoms with E-state index in [1.165, 1.54) is 6.92 Å². The highest BCUT2D eigenvalue weighted by Crippen LogP contribution is 2.20. The van der Waals surface area contributed by atoms with E-state index in [0.717, 1.165) is 0 Å². The molecule has 0 bridgehead atoms. The number of para-hydroxylation sites is 1. The predicted octanol–water partition coefficient (Wildman–Crippen LogP) is 4.32. The van der Waals surface area contributed by atoms with Crippen molar-refractivity contribution in [2.75, 3.05) is 5.32 Å². The number of nitrogens with one attached hydrogen (secondary N) is 1. The van der Waals surface area contributed by atoms with Crippen molar-refractivity contribution in [1.29, 1.82) is 0 Å². The van der Waals surface area contributed by atoms with E-state index >= 15 is 0 Å². The smallest absolute Gasteiger partial charge is 0.339 e. The second-order valence-corrected chi connectivity index (χ2v) is 6.76. The second-order valence-electron chi connectivity index (χ2n) is 6.76. The first-order chi connectivity index (χ1) is 13.9. The van der Waals surface area contributed by atoms with Crippen LogP contribution >= 0.6 is 0 Å². The number of aromatic nitrogens is 1. The summed E-state index contributed by atoms with van der Waals surface area (Å²) < 4.78 is 5.51. The topological polar surface area (TPSA) is 85.4 Å². The van der Waals surface area contributed by atoms with Gasteiger partial charge in [-0.25, -0.2) is 4.79 Å². The Hall–Kier alpha value is -3.54. The highest BCUT2D eigenvalue weighted by atomic mass is 16.5. The molecule has 1 N–H and O–H groups in total. The number of ether oxygens (including phenoxy) is 1. The number of ketones is 1. The summed E-state index contributed by atoms with van der Waals surface area (Å²) in [5, 5.41) is 3.39. The fraction of sp³-hybridized carbons (Fsp3) is 0.217. The lowest BCUT2D eigenvalue weighted by Crippen LogP contribution is -2.32. The van der Waals surface area contributed by atoms with Gasteiger partial charge in [-0.2, -0.15) is 0 Å². The molecule has 0 saturated heterocycles. The van der Waals surface area contributed by atoms with Gasteiger partial charge in [0, 0.05) is 22.3 Å². The van der Waals surface area contributed by atoms with Gasteiger partial charge in [-0.15, -0.1) is 0 Å². The lowest BCUT2D eigenvalue weighted by Gasteiger charge is -2.17. The average Bonchev–Trinajstić information content (AvgIpc) is 2.71. The van der Waals surface area contributed by atoms with E-state index in [4.69, 9.17) is 4.74 Å². The third-order valence-electron chi connectivity index (χ3n) is 4.51. The Morgan fingerprint density at radius 2 is 1.83 bits per heavy atom. The van der Waals surface area contributed by atoms with Crippen molar-refractivity contribution in [2.24, 2.45) is 0 Å². The Kier molecular flexibility index (Phi) is 6.02. The normalized spacial score (nSPS) is 11.7. The maximum Gasteiger partial charge on any atom is 0.339 e. The number of hydrogen-bond acceptors (Lipinski definition) is 5. The van der Waals surface area contributed by atoms with Crippen LogP contribution in [0.4, 0.5) is 5.69 Å². The highest BCUT2D eigenvalue weighted by molar-refractivity contribution is 6.05. The maximum atomic E-state index is 12.8. The third kappa shape index (κ3) is 4.66. The van der Waals surface area contributed by atoms with Gasteiger partial charge in [-0.1, -0.05) is 37.3 Å². The van der Waals surface area contributed by atoms with Crippen LogP contribution in [0.3, 0.4) is 0 Å². The number of hydrogen-bond donors (Lipinski definition) is 1. The number of pyridine rings is 1. The largest absolute Gasteiger partial charge is 0.449 e. The van der Waals surface area contributed by atoms with Gasteiger partial charge in [0.25, 0.3) is 5.91 Å². The Balaban J connectivity index is 1.79. The average molecular weight is 390 g/mol. The van der Waals surface area contributed by atoms with Crippen molar-refractivity contribution in [2.45, 2.75) is 33.3 Å². The first kappa shape index (κ1) is 20.2. The molecule has 0 aliphatic carbocycles. The number of benzene rings is 2. The summed E-state index contributed by atoms with van der Waals surface area (Å²) in [6.45, 7) is 5.02. The molecule has 1 aromatic heterocycles. The minimum absolute atomic E-state index is 0.0977. The van der Waals surface area contributed by atoms with Gasteiger partial charge in [0.15, 0.2) is 11.9 Å². The molecule has 3 rings (SSSR count). The number of esters is 1. The second kappa shape index (κ2) is 8.65. The first-order valence-electron chi connectivity index (χ1n) is 9.38. The molecular formula is C23H22N2O4. The number of carbonyl (C=O) groups is 3. The van der Waals surface area contributed by atoms with Gasteiger partial charge in [0.2, 0.25) is 0 Å². The summed E-state index contributed by atoms with van der Waals surface area (Å²) in [7, 11) is 0. The summed E-state index contributed by atoms with van der Waals surface area (Å²) in [4.78, 5) is 41.4. The molecule has 0 fully saturated rings. The van der Waals surface area contributed by atoms with Gasteiger partial charge < -0.3 is 10.1 Å². The SMILES string of the molecule is CCC(OC(=O)c1cc(C)nc2ccccc12)C(=O)Nc1cccc(C(C)=O)c1. The highest BCUT2D eigenvalue weighted by Gasteiger charge is 2.23. The van der Waals surface area contributed by atoms with Crippen LogP contribution < -0.4 is 5.32 Å². The molecule has 29 heavy (non-hydrogen) atoms. The van der Waals surface area contributed by atoms with Crippen molar-refractivity contribution in [3.8, 4) is 0 Å². The molecule has 1 amide bonds. The van der Waals surface area contributed by atoms with Gasteiger partial charge in [-0.05, 0) is 44.5 Å². The van der Waals surface area contributed by atoms with Crippen LogP contribution in [-0.4, -0.2) is 28.7 Å². The Morgan fingerprint density at radius 3 is 2.55 bits per heavy atom. The van der Waals surface area contributed by atoms with E-state index in [0.29, 0.717) is 39.8 Å². The molecule has 148 valence electrons. The van der Waals surface area contributed by atoms with Crippen LogP contribution in [0.25, 0.3) is 10.9 Å². The zero-order valence-corrected chi connectivity index (χ0v) is 16.6. The molecule has 0 aliphatic heterocycles. The number of amides is 1. The molecule has 1 atom stereocenters. The van der Waals surface area contributed by atoms with Crippen molar-refractivity contribution in [3.63, 3.8) is 0 Å². The zero-order valence-electron chi connectivity index (χ0n) is 16.6. The van der Waals surface area contributed by atoms with Crippen molar-refractivity contribution < 1.29 is 19.1 Å². The van der Waals surface area contributed by atoms with Gasteiger partial charge in [-0.3, -0.25) is 14.6 Å². The molecule has 3 aromatic rings. The van der Waals surface area contributed by atoms with E-state index in [9.17, 15) is 14.4 Å². The quantitative estimate of drug-likeness (QED) is 0.500. The van der Waals surface area contributed by atoms with Crippen LogP contribution in [0, 0.1) is 6.92 Å². The maximum absolute atomic E-state index is 12.8. The van der Waals surface area contributed by atoms with E-state index in [-0.39, 0.29) is 5.78 Å². The van der Waals surface area contributed by atoms with Gasteiger partial charge in [0.05, 0.1) is 11.1 Å². The summed E-state index contributed by atoms with van der Waals surface area (Å²) in [6, 6.07) is 15.6. The Morgan fingerprint density at radius 1 is 1.07 bits per heavy atom. The number of anilines is 1. The fourth-order valence-corrected chi connectivity index (χ4v) is 3.03. The van der Waals surface area contributed by atoms with E-state index in [1.54, 1.807) is 50.2 Å². The number of Topliss-reactive ketones (excluding diaryl/α,β-unsaturated/α-hetero) is 1. The number of carbonyl (C=O) groups excluding carboxylic acids is 3. The summed E-state index contributed by atoms with van der Waals surface area (Å²) in [6.07, 6.45) is -0.651. The molecule has 6 heteroatoms. The molecule has 2 aromatic carbocycles. The van der Waals surface area contributed by atoms with Crippen molar-refractivity contribution >= 4 is 34.3 Å². The molecule has 6 nitrogen and oxygen atoms in total. The van der Waals surface area contributed by atoms with Crippen molar-refractivity contribution in [3.05, 3.63) is 71.4 Å². The zero-order chi connectivity index (χ0) is 21.0. The lowest BCUT2D eigenvalue weighted by atomic mass is 10.1. The lowest BCUT2D eigenvalue weighted by molar-refractivity contribution is -0.124. The summed E-state index contributed by atoms with van der Waals surface area (Å²) in [5.74, 6) is -1.12. The van der Waals surface area contributed by atoms with E-state index in [2.05, 4.69) is 10.3 Å². The van der Waals surface area contributed by atoms with E-state index in [1.807, 2.05) is 18.2 Å².